The van der Waals surface area contributed by atoms with Gasteiger partial charge in [-0.3, -0.25) is 0 Å². The van der Waals surface area contributed by atoms with Crippen LogP contribution in [0.1, 0.15) is 11.3 Å². The van der Waals surface area contributed by atoms with Gasteiger partial charge in [0.05, 0.1) is 18.5 Å². The van der Waals surface area contributed by atoms with Gasteiger partial charge in [0, 0.05) is 42.3 Å². The maximum absolute atomic E-state index is 12.8. The Morgan fingerprint density at radius 1 is 1.16 bits per heavy atom. The maximum atomic E-state index is 12.8. The Morgan fingerprint density at radius 3 is 2.58 bits per heavy atom. The van der Waals surface area contributed by atoms with Crippen molar-refractivity contribution in [1.82, 2.24) is 14.8 Å². The first-order valence-electron chi connectivity index (χ1n) is 9.07. The first-order valence-corrected chi connectivity index (χ1v) is 10.5. The molecule has 31 heavy (non-hydrogen) atoms. The van der Waals surface area contributed by atoms with Crippen molar-refractivity contribution in [1.29, 1.82) is 0 Å². The number of benzene rings is 1. The van der Waals surface area contributed by atoms with Gasteiger partial charge in [-0.2, -0.15) is 26.7 Å². The van der Waals surface area contributed by atoms with E-state index < -0.39 is 15.6 Å². The molecule has 0 saturated heterocycles. The highest BCUT2D eigenvalue weighted by Gasteiger charge is 2.49. The number of aromatic nitrogens is 3. The van der Waals surface area contributed by atoms with Crippen LogP contribution in [-0.2, 0) is 16.5 Å². The molecule has 0 radical (unpaired) electrons. The van der Waals surface area contributed by atoms with Gasteiger partial charge in [0.15, 0.2) is 5.75 Å². The molecule has 3 heterocycles. The molecule has 0 atom stereocenters. The Morgan fingerprint density at radius 2 is 1.94 bits per heavy atom. The quantitative estimate of drug-likeness (QED) is 0.431. The molecular weight excluding hydrogens is 437 g/mol. The summed E-state index contributed by atoms with van der Waals surface area (Å²) in [5, 5.41) is 4.17. The first-order chi connectivity index (χ1) is 14.6. The molecule has 0 unspecified atom stereocenters. The molecule has 0 saturated carbocycles. The van der Waals surface area contributed by atoms with Crippen LogP contribution < -0.4 is 13.8 Å². The van der Waals surface area contributed by atoms with E-state index in [1.165, 1.54) is 13.2 Å². The molecular formula is C19H17F3N4O4S. The number of halogens is 3. The number of aryl methyl sites for hydroxylation is 1. The van der Waals surface area contributed by atoms with Crippen molar-refractivity contribution >= 4 is 21.6 Å². The minimum atomic E-state index is -5.80. The van der Waals surface area contributed by atoms with E-state index in [2.05, 4.69) is 14.3 Å². The van der Waals surface area contributed by atoms with Crippen LogP contribution in [0.5, 0.6) is 11.5 Å². The Labute approximate surface area is 176 Å². The number of anilines is 2. The van der Waals surface area contributed by atoms with Gasteiger partial charge in [-0.1, -0.05) is 0 Å². The number of alkyl halides is 3. The zero-order chi connectivity index (χ0) is 22.4. The van der Waals surface area contributed by atoms with Crippen LogP contribution in [0.15, 0.2) is 42.7 Å². The van der Waals surface area contributed by atoms with Crippen LogP contribution in [0.2, 0.25) is 0 Å². The van der Waals surface area contributed by atoms with Gasteiger partial charge >= 0.3 is 15.6 Å². The summed E-state index contributed by atoms with van der Waals surface area (Å²) in [5.74, 6) is 0.432. The summed E-state index contributed by atoms with van der Waals surface area (Å²) in [6.45, 7) is 1.90. The summed E-state index contributed by atoms with van der Waals surface area (Å²) in [7, 11) is -4.30. The molecule has 1 aliphatic rings. The zero-order valence-electron chi connectivity index (χ0n) is 16.4. The largest absolute Gasteiger partial charge is 0.534 e. The van der Waals surface area contributed by atoms with Crippen LogP contribution >= 0.6 is 0 Å². The molecule has 3 aromatic rings. The molecule has 4 rings (SSSR count). The molecule has 164 valence electrons. The van der Waals surface area contributed by atoms with Crippen molar-refractivity contribution < 1.29 is 30.5 Å². The van der Waals surface area contributed by atoms with E-state index in [9.17, 15) is 21.6 Å². The van der Waals surface area contributed by atoms with Crippen LogP contribution in [0, 0.1) is 6.92 Å². The summed E-state index contributed by atoms with van der Waals surface area (Å²) in [6.07, 6.45) is 3.66. The molecule has 0 N–H and O–H groups in total. The summed E-state index contributed by atoms with van der Waals surface area (Å²) in [6, 6.07) is 8.32. The van der Waals surface area contributed by atoms with Gasteiger partial charge in [-0.05, 0) is 31.5 Å². The molecule has 1 aliphatic heterocycles. The molecule has 0 aliphatic carbocycles. The second-order valence-electron chi connectivity index (χ2n) is 6.76. The topological polar surface area (TPSA) is 86.5 Å². The van der Waals surface area contributed by atoms with Crippen LogP contribution in [0.4, 0.5) is 24.7 Å². The smallest absolute Gasteiger partial charge is 0.494 e. The van der Waals surface area contributed by atoms with Gasteiger partial charge in [-0.25, -0.2) is 9.67 Å². The van der Waals surface area contributed by atoms with E-state index >= 15 is 0 Å². The number of hydrogen-bond acceptors (Lipinski definition) is 7. The molecule has 1 aromatic carbocycles. The van der Waals surface area contributed by atoms with E-state index in [1.807, 2.05) is 6.07 Å². The maximum Gasteiger partial charge on any atom is 0.534 e. The lowest BCUT2D eigenvalue weighted by Gasteiger charge is -2.22. The minimum Gasteiger partial charge on any atom is -0.494 e. The molecule has 8 nitrogen and oxygen atoms in total. The standard InChI is InChI=1S/C19H17F3N4O4S/c1-12-10-16(30-31(27,28)19(20,21)22)14-6-9-25(18(14)24-12)15-5-4-13(11-17(15)29-2)26-8-3-7-23-26/h3-5,7-8,10-11H,6,9H2,1-2H3. The minimum absolute atomic E-state index is 0.245. The third-order valence-electron chi connectivity index (χ3n) is 4.74. The zero-order valence-corrected chi connectivity index (χ0v) is 17.2. The van der Waals surface area contributed by atoms with E-state index in [1.54, 1.807) is 47.1 Å². The SMILES string of the molecule is COc1cc(-n2cccn2)ccc1N1CCc2c(OS(=O)(=O)C(F)(F)F)cc(C)nc21. The van der Waals surface area contributed by atoms with Crippen LogP contribution in [0.3, 0.4) is 0 Å². The molecule has 2 aromatic heterocycles. The van der Waals surface area contributed by atoms with E-state index in [-0.39, 0.29) is 17.7 Å². The number of methoxy groups -OCH3 is 1. The van der Waals surface area contributed by atoms with E-state index in [0.29, 0.717) is 29.5 Å². The lowest BCUT2D eigenvalue weighted by Crippen LogP contribution is -2.28. The Kier molecular flexibility index (Phi) is 5.04. The Balaban J connectivity index is 1.75. The normalized spacial score (nSPS) is 13.9. The molecule has 0 spiro atoms. The molecule has 12 heteroatoms. The number of rotatable bonds is 5. The highest BCUT2D eigenvalue weighted by Crippen LogP contribution is 2.43. The van der Waals surface area contributed by atoms with Crippen molar-refractivity contribution in [2.75, 3.05) is 18.6 Å². The predicted octanol–water partition coefficient (Wildman–Crippen LogP) is 3.51. The monoisotopic (exact) mass is 454 g/mol. The number of hydrogen-bond donors (Lipinski definition) is 0. The fraction of sp³-hybridized carbons (Fsp3) is 0.263. The molecule has 0 amide bonds. The van der Waals surface area contributed by atoms with Gasteiger partial charge in [-0.15, -0.1) is 0 Å². The molecule has 0 fully saturated rings. The Hall–Kier alpha value is -3.28. The first kappa shape index (κ1) is 21.0. The van der Waals surface area contributed by atoms with Crippen molar-refractivity contribution in [3.63, 3.8) is 0 Å². The lowest BCUT2D eigenvalue weighted by atomic mass is 10.2. The summed E-state index contributed by atoms with van der Waals surface area (Å²) >= 11 is 0. The average Bonchev–Trinajstić information content (AvgIpc) is 3.36. The highest BCUT2D eigenvalue weighted by atomic mass is 32.2. The van der Waals surface area contributed by atoms with Crippen molar-refractivity contribution in [3.8, 4) is 17.2 Å². The van der Waals surface area contributed by atoms with Crippen LogP contribution in [-0.4, -0.2) is 42.3 Å². The fourth-order valence-electron chi connectivity index (χ4n) is 3.37. The Bertz CT molecular complexity index is 1230. The summed E-state index contributed by atoms with van der Waals surface area (Å²) < 4.78 is 73.1. The third kappa shape index (κ3) is 3.78. The summed E-state index contributed by atoms with van der Waals surface area (Å²) in [5.41, 5.74) is -3.56. The number of pyridine rings is 1. The summed E-state index contributed by atoms with van der Waals surface area (Å²) in [4.78, 5) is 6.16. The van der Waals surface area contributed by atoms with Gasteiger partial charge in [0.25, 0.3) is 0 Å². The predicted molar refractivity (Wildman–Crippen MR) is 105 cm³/mol. The van der Waals surface area contributed by atoms with Crippen molar-refractivity contribution in [3.05, 3.63) is 54.0 Å². The second kappa shape index (κ2) is 7.45. The average molecular weight is 454 g/mol. The van der Waals surface area contributed by atoms with Crippen LogP contribution in [0.25, 0.3) is 5.69 Å². The van der Waals surface area contributed by atoms with Crippen molar-refractivity contribution in [2.45, 2.75) is 18.9 Å². The lowest BCUT2D eigenvalue weighted by molar-refractivity contribution is -0.0500. The van der Waals surface area contributed by atoms with Gasteiger partial charge in [0.2, 0.25) is 0 Å². The number of nitrogens with zero attached hydrogens (tertiary/aromatic N) is 4. The fourth-order valence-corrected chi connectivity index (χ4v) is 3.85. The van der Waals surface area contributed by atoms with Crippen molar-refractivity contribution in [2.24, 2.45) is 0 Å². The number of fused-ring (bicyclic) bond motifs is 1. The van der Waals surface area contributed by atoms with Gasteiger partial charge < -0.3 is 13.8 Å². The number of ether oxygens (including phenoxy) is 1. The van der Waals surface area contributed by atoms with Gasteiger partial charge in [0.1, 0.15) is 11.6 Å². The molecule has 0 bridgehead atoms. The van der Waals surface area contributed by atoms with E-state index in [4.69, 9.17) is 4.74 Å². The second-order valence-corrected chi connectivity index (χ2v) is 8.29. The third-order valence-corrected chi connectivity index (χ3v) is 5.70. The highest BCUT2D eigenvalue weighted by molar-refractivity contribution is 7.88. The van der Waals surface area contributed by atoms with E-state index in [0.717, 1.165) is 5.69 Å².